The molecule has 23 heavy (non-hydrogen) atoms. The Kier molecular flexibility index (Phi) is 5.33. The Balaban J connectivity index is 2.01. The van der Waals surface area contributed by atoms with Gasteiger partial charge >= 0.3 is 6.09 Å². The molecule has 2 heterocycles. The maximum atomic E-state index is 12.7. The van der Waals surface area contributed by atoms with Gasteiger partial charge in [-0.05, 0) is 43.1 Å². The van der Waals surface area contributed by atoms with Gasteiger partial charge in [0.25, 0.3) is 5.91 Å². The molecular formula is C15H23BrN4O3. The number of aromatic nitrogens is 2. The van der Waals surface area contributed by atoms with E-state index in [9.17, 15) is 9.59 Å². The molecule has 0 aliphatic carbocycles. The summed E-state index contributed by atoms with van der Waals surface area (Å²) in [5, 5.41) is 4.08. The Morgan fingerprint density at radius 1 is 1.17 bits per heavy atom. The standard InChI is InChI=1S/C15H23BrN4O3/c1-15(2,3)23-14(22)20-7-5-6-19(8-9-20)13(21)12-11(16)10-17-18(12)4/h10H,5-9H2,1-4H3. The second-order valence-electron chi connectivity index (χ2n) is 6.58. The molecule has 1 aliphatic rings. The summed E-state index contributed by atoms with van der Waals surface area (Å²) in [6.07, 6.45) is 2.01. The van der Waals surface area contributed by atoms with Crippen LogP contribution in [0.2, 0.25) is 0 Å². The Morgan fingerprint density at radius 2 is 1.78 bits per heavy atom. The van der Waals surface area contributed by atoms with E-state index in [2.05, 4.69) is 21.0 Å². The van der Waals surface area contributed by atoms with Crippen molar-refractivity contribution in [1.29, 1.82) is 0 Å². The van der Waals surface area contributed by atoms with Crippen molar-refractivity contribution in [2.24, 2.45) is 7.05 Å². The van der Waals surface area contributed by atoms with Crippen molar-refractivity contribution >= 4 is 27.9 Å². The van der Waals surface area contributed by atoms with Crippen LogP contribution in [-0.2, 0) is 11.8 Å². The second-order valence-corrected chi connectivity index (χ2v) is 7.43. The Hall–Kier alpha value is -1.57. The number of ether oxygens (including phenoxy) is 1. The highest BCUT2D eigenvalue weighted by Crippen LogP contribution is 2.19. The molecule has 0 bridgehead atoms. The minimum atomic E-state index is -0.515. The largest absolute Gasteiger partial charge is 0.444 e. The number of rotatable bonds is 1. The number of halogens is 1. The van der Waals surface area contributed by atoms with Gasteiger partial charge in [0.2, 0.25) is 0 Å². The smallest absolute Gasteiger partial charge is 0.410 e. The van der Waals surface area contributed by atoms with Gasteiger partial charge in [0.15, 0.2) is 0 Å². The molecule has 128 valence electrons. The summed E-state index contributed by atoms with van der Waals surface area (Å²) in [5.41, 5.74) is 0.00840. The van der Waals surface area contributed by atoms with Crippen molar-refractivity contribution in [3.05, 3.63) is 16.4 Å². The monoisotopic (exact) mass is 386 g/mol. The zero-order valence-electron chi connectivity index (χ0n) is 14.0. The van der Waals surface area contributed by atoms with E-state index in [0.29, 0.717) is 36.3 Å². The third-order valence-corrected chi connectivity index (χ3v) is 4.11. The van der Waals surface area contributed by atoms with Crippen molar-refractivity contribution in [3.8, 4) is 0 Å². The normalized spacial score (nSPS) is 16.2. The summed E-state index contributed by atoms with van der Waals surface area (Å²) in [4.78, 5) is 28.2. The summed E-state index contributed by atoms with van der Waals surface area (Å²) in [6, 6.07) is 0. The molecule has 1 saturated heterocycles. The van der Waals surface area contributed by atoms with Gasteiger partial charge in [0.1, 0.15) is 11.3 Å². The number of nitrogens with zero attached hydrogens (tertiary/aromatic N) is 4. The van der Waals surface area contributed by atoms with Crippen molar-refractivity contribution in [3.63, 3.8) is 0 Å². The van der Waals surface area contributed by atoms with Gasteiger partial charge in [-0.2, -0.15) is 5.10 Å². The highest BCUT2D eigenvalue weighted by atomic mass is 79.9. The first-order valence-electron chi connectivity index (χ1n) is 7.64. The summed E-state index contributed by atoms with van der Waals surface area (Å²) < 4.78 is 7.64. The fourth-order valence-corrected chi connectivity index (χ4v) is 2.95. The zero-order chi connectivity index (χ0) is 17.2. The first-order valence-corrected chi connectivity index (χ1v) is 8.43. The van der Waals surface area contributed by atoms with Crippen LogP contribution in [0.15, 0.2) is 10.7 Å². The second kappa shape index (κ2) is 6.90. The van der Waals surface area contributed by atoms with E-state index in [1.54, 1.807) is 27.7 Å². The molecule has 2 rings (SSSR count). The van der Waals surface area contributed by atoms with E-state index in [0.717, 1.165) is 6.42 Å². The van der Waals surface area contributed by atoms with Gasteiger partial charge in [0.05, 0.1) is 10.7 Å². The average molecular weight is 387 g/mol. The molecular weight excluding hydrogens is 364 g/mol. The van der Waals surface area contributed by atoms with E-state index in [1.807, 2.05) is 20.8 Å². The molecule has 1 aromatic rings. The lowest BCUT2D eigenvalue weighted by Gasteiger charge is -2.26. The molecule has 2 amide bonds. The van der Waals surface area contributed by atoms with Crippen LogP contribution in [0.25, 0.3) is 0 Å². The number of carbonyl (C=O) groups excluding carboxylic acids is 2. The first kappa shape index (κ1) is 17.8. The number of hydrogen-bond acceptors (Lipinski definition) is 4. The molecule has 0 saturated carbocycles. The van der Waals surface area contributed by atoms with E-state index in [4.69, 9.17) is 4.74 Å². The SMILES string of the molecule is Cn1ncc(Br)c1C(=O)N1CCCN(C(=O)OC(C)(C)C)CC1. The van der Waals surface area contributed by atoms with E-state index in [1.165, 1.54) is 0 Å². The summed E-state index contributed by atoms with van der Waals surface area (Å²) in [7, 11) is 1.74. The van der Waals surface area contributed by atoms with Gasteiger partial charge in [-0.25, -0.2) is 4.79 Å². The fourth-order valence-electron chi connectivity index (χ4n) is 2.43. The molecule has 0 N–H and O–H groups in total. The van der Waals surface area contributed by atoms with Crippen LogP contribution in [-0.4, -0.2) is 63.4 Å². The maximum absolute atomic E-state index is 12.7. The quantitative estimate of drug-likeness (QED) is 0.742. The molecule has 8 heteroatoms. The zero-order valence-corrected chi connectivity index (χ0v) is 15.6. The third-order valence-electron chi connectivity index (χ3n) is 3.53. The Morgan fingerprint density at radius 3 is 2.35 bits per heavy atom. The minimum Gasteiger partial charge on any atom is -0.444 e. The van der Waals surface area contributed by atoms with Crippen molar-refractivity contribution < 1.29 is 14.3 Å². The number of amides is 2. The van der Waals surface area contributed by atoms with Crippen LogP contribution in [0, 0.1) is 0 Å². The minimum absolute atomic E-state index is 0.0806. The molecule has 0 atom stereocenters. The molecule has 1 fully saturated rings. The van der Waals surface area contributed by atoms with Gasteiger partial charge in [-0.1, -0.05) is 0 Å². The Labute approximate surface area is 144 Å². The molecule has 0 spiro atoms. The Bertz CT molecular complexity index is 575. The van der Waals surface area contributed by atoms with Gasteiger partial charge in [-0.3, -0.25) is 9.48 Å². The highest BCUT2D eigenvalue weighted by molar-refractivity contribution is 9.10. The number of aryl methyl sites for hydroxylation is 1. The van der Waals surface area contributed by atoms with Crippen LogP contribution in [0.5, 0.6) is 0 Å². The van der Waals surface area contributed by atoms with Crippen LogP contribution in [0.4, 0.5) is 4.79 Å². The van der Waals surface area contributed by atoms with E-state index >= 15 is 0 Å². The maximum Gasteiger partial charge on any atom is 0.410 e. The van der Waals surface area contributed by atoms with Gasteiger partial charge < -0.3 is 14.5 Å². The molecule has 1 aromatic heterocycles. The fraction of sp³-hybridized carbons (Fsp3) is 0.667. The molecule has 0 aromatic carbocycles. The summed E-state index contributed by atoms with van der Waals surface area (Å²) >= 11 is 3.36. The third kappa shape index (κ3) is 4.46. The predicted molar refractivity (Wildman–Crippen MR) is 89.2 cm³/mol. The lowest BCUT2D eigenvalue weighted by atomic mass is 10.2. The molecule has 7 nitrogen and oxygen atoms in total. The lowest BCUT2D eigenvalue weighted by Crippen LogP contribution is -2.40. The van der Waals surface area contributed by atoms with Crippen LogP contribution in [0.3, 0.4) is 0 Å². The van der Waals surface area contributed by atoms with Crippen molar-refractivity contribution in [2.75, 3.05) is 26.2 Å². The molecule has 0 radical (unpaired) electrons. The number of carbonyl (C=O) groups is 2. The topological polar surface area (TPSA) is 67.7 Å². The molecule has 0 unspecified atom stereocenters. The lowest BCUT2D eigenvalue weighted by molar-refractivity contribution is 0.0255. The van der Waals surface area contributed by atoms with E-state index < -0.39 is 5.60 Å². The van der Waals surface area contributed by atoms with Crippen LogP contribution in [0.1, 0.15) is 37.7 Å². The predicted octanol–water partition coefficient (Wildman–Crippen LogP) is 2.27. The van der Waals surface area contributed by atoms with Gasteiger partial charge in [-0.15, -0.1) is 0 Å². The van der Waals surface area contributed by atoms with Crippen LogP contribution < -0.4 is 0 Å². The van der Waals surface area contributed by atoms with Crippen molar-refractivity contribution in [1.82, 2.24) is 19.6 Å². The van der Waals surface area contributed by atoms with Crippen molar-refractivity contribution in [2.45, 2.75) is 32.8 Å². The molecule has 1 aliphatic heterocycles. The van der Waals surface area contributed by atoms with Gasteiger partial charge in [0, 0.05) is 33.2 Å². The van der Waals surface area contributed by atoms with Crippen LogP contribution >= 0.6 is 15.9 Å². The first-order chi connectivity index (χ1) is 10.7. The number of hydrogen-bond donors (Lipinski definition) is 0. The summed E-state index contributed by atoms with van der Waals surface area (Å²) in [6.45, 7) is 7.68. The summed E-state index contributed by atoms with van der Waals surface area (Å²) in [5.74, 6) is -0.0806. The highest BCUT2D eigenvalue weighted by Gasteiger charge is 2.28. The average Bonchev–Trinajstić information content (AvgIpc) is 2.65. The van der Waals surface area contributed by atoms with E-state index in [-0.39, 0.29) is 12.0 Å².